The lowest BCUT2D eigenvalue weighted by atomic mass is 10.1. The highest BCUT2D eigenvalue weighted by molar-refractivity contribution is 8.00. The maximum atomic E-state index is 11.7. The lowest BCUT2D eigenvalue weighted by molar-refractivity contribution is -0.133. The van der Waals surface area contributed by atoms with E-state index in [0.717, 1.165) is 29.4 Å². The van der Waals surface area contributed by atoms with Crippen molar-refractivity contribution >= 4 is 29.3 Å². The standard InChI is InChI=1S/C13H17NO4S/c1-18-7-6-10-4-2-3-5-11(10)14-12(15)8-19-9-13(16)17/h2-5H,6-9H2,1H3,(H,14,15)(H,16,17). The highest BCUT2D eigenvalue weighted by Gasteiger charge is 2.07. The number of anilines is 1. The molecule has 104 valence electrons. The van der Waals surface area contributed by atoms with Gasteiger partial charge >= 0.3 is 5.97 Å². The second-order valence-electron chi connectivity index (χ2n) is 3.83. The van der Waals surface area contributed by atoms with E-state index >= 15 is 0 Å². The number of benzene rings is 1. The Bertz CT molecular complexity index is 436. The molecule has 1 aromatic rings. The van der Waals surface area contributed by atoms with Crippen LogP contribution in [0, 0.1) is 0 Å². The Morgan fingerprint density at radius 3 is 2.74 bits per heavy atom. The van der Waals surface area contributed by atoms with Gasteiger partial charge in [-0.15, -0.1) is 11.8 Å². The quantitative estimate of drug-likeness (QED) is 0.758. The molecule has 0 bridgehead atoms. The lowest BCUT2D eigenvalue weighted by Crippen LogP contribution is -2.16. The van der Waals surface area contributed by atoms with Gasteiger partial charge < -0.3 is 15.2 Å². The number of carbonyl (C=O) groups is 2. The summed E-state index contributed by atoms with van der Waals surface area (Å²) in [5, 5.41) is 11.3. The maximum absolute atomic E-state index is 11.7. The summed E-state index contributed by atoms with van der Waals surface area (Å²) in [6, 6.07) is 7.50. The third-order valence-electron chi connectivity index (χ3n) is 2.33. The number of nitrogens with one attached hydrogen (secondary N) is 1. The van der Waals surface area contributed by atoms with Crippen molar-refractivity contribution in [2.75, 3.05) is 30.5 Å². The number of methoxy groups -OCH3 is 1. The van der Waals surface area contributed by atoms with E-state index in [0.29, 0.717) is 6.61 Å². The number of aliphatic carboxylic acids is 1. The molecule has 1 amide bonds. The van der Waals surface area contributed by atoms with Gasteiger partial charge in [-0.25, -0.2) is 0 Å². The molecule has 0 spiro atoms. The first kappa shape index (κ1) is 15.5. The lowest BCUT2D eigenvalue weighted by Gasteiger charge is -2.10. The van der Waals surface area contributed by atoms with Crippen molar-refractivity contribution in [3.63, 3.8) is 0 Å². The van der Waals surface area contributed by atoms with E-state index in [1.807, 2.05) is 24.3 Å². The van der Waals surface area contributed by atoms with Crippen LogP contribution in [0.25, 0.3) is 0 Å². The molecule has 5 nitrogen and oxygen atoms in total. The molecule has 0 atom stereocenters. The Morgan fingerprint density at radius 1 is 1.32 bits per heavy atom. The smallest absolute Gasteiger partial charge is 0.313 e. The van der Waals surface area contributed by atoms with E-state index in [4.69, 9.17) is 9.84 Å². The number of hydrogen-bond acceptors (Lipinski definition) is 4. The van der Waals surface area contributed by atoms with Crippen LogP contribution in [-0.2, 0) is 20.7 Å². The number of thioether (sulfide) groups is 1. The molecule has 2 N–H and O–H groups in total. The fraction of sp³-hybridized carbons (Fsp3) is 0.385. The van der Waals surface area contributed by atoms with Crippen LogP contribution in [0.2, 0.25) is 0 Å². The van der Waals surface area contributed by atoms with Gasteiger partial charge in [-0.05, 0) is 18.1 Å². The van der Waals surface area contributed by atoms with Crippen molar-refractivity contribution < 1.29 is 19.4 Å². The molecule has 1 rings (SSSR count). The van der Waals surface area contributed by atoms with E-state index in [1.165, 1.54) is 0 Å². The summed E-state index contributed by atoms with van der Waals surface area (Å²) in [4.78, 5) is 22.0. The molecule has 0 aliphatic carbocycles. The van der Waals surface area contributed by atoms with Crippen molar-refractivity contribution in [2.45, 2.75) is 6.42 Å². The Kier molecular flexibility index (Phi) is 6.99. The van der Waals surface area contributed by atoms with Crippen LogP contribution in [0.3, 0.4) is 0 Å². The molecule has 0 saturated heterocycles. The zero-order valence-corrected chi connectivity index (χ0v) is 11.5. The number of rotatable bonds is 8. The topological polar surface area (TPSA) is 75.6 Å². The average molecular weight is 283 g/mol. The zero-order valence-electron chi connectivity index (χ0n) is 10.7. The van der Waals surface area contributed by atoms with E-state index < -0.39 is 5.97 Å². The van der Waals surface area contributed by atoms with E-state index in [-0.39, 0.29) is 17.4 Å². The predicted molar refractivity (Wildman–Crippen MR) is 75.6 cm³/mol. The molecule has 0 fully saturated rings. The van der Waals surface area contributed by atoms with Gasteiger partial charge in [-0.3, -0.25) is 9.59 Å². The highest BCUT2D eigenvalue weighted by Crippen LogP contribution is 2.16. The normalized spacial score (nSPS) is 10.2. The summed E-state index contributed by atoms with van der Waals surface area (Å²) in [6.45, 7) is 0.584. The van der Waals surface area contributed by atoms with Gasteiger partial charge in [0.15, 0.2) is 0 Å². The van der Waals surface area contributed by atoms with Crippen LogP contribution in [0.5, 0.6) is 0 Å². The third kappa shape index (κ3) is 6.26. The number of carbonyl (C=O) groups excluding carboxylic acids is 1. The van der Waals surface area contributed by atoms with E-state index in [9.17, 15) is 9.59 Å². The van der Waals surface area contributed by atoms with Crippen LogP contribution >= 0.6 is 11.8 Å². The Labute approximate surface area is 116 Å². The van der Waals surface area contributed by atoms with E-state index in [1.54, 1.807) is 7.11 Å². The van der Waals surface area contributed by atoms with Crippen LogP contribution in [0.4, 0.5) is 5.69 Å². The molecule has 1 aromatic carbocycles. The zero-order chi connectivity index (χ0) is 14.1. The SMILES string of the molecule is COCCc1ccccc1NC(=O)CSCC(=O)O. The Hall–Kier alpha value is -1.53. The van der Waals surface area contributed by atoms with Crippen LogP contribution in [0.15, 0.2) is 24.3 Å². The van der Waals surface area contributed by atoms with Gasteiger partial charge in [0.1, 0.15) is 0 Å². The fourth-order valence-corrected chi connectivity index (χ4v) is 2.02. The van der Waals surface area contributed by atoms with Crippen molar-refractivity contribution in [1.82, 2.24) is 0 Å². The largest absolute Gasteiger partial charge is 0.481 e. The number of ether oxygens (including phenoxy) is 1. The second-order valence-corrected chi connectivity index (χ2v) is 4.82. The van der Waals surface area contributed by atoms with Crippen molar-refractivity contribution in [3.05, 3.63) is 29.8 Å². The minimum absolute atomic E-state index is 0.0707. The summed E-state index contributed by atoms with van der Waals surface area (Å²) in [6.07, 6.45) is 0.717. The highest BCUT2D eigenvalue weighted by atomic mass is 32.2. The summed E-state index contributed by atoms with van der Waals surface area (Å²) in [5.74, 6) is -1.06. The predicted octanol–water partition coefficient (Wildman–Crippen LogP) is 1.63. The third-order valence-corrected chi connectivity index (χ3v) is 3.24. The summed E-state index contributed by atoms with van der Waals surface area (Å²) < 4.78 is 5.01. The number of para-hydroxylation sites is 1. The average Bonchev–Trinajstić information content (AvgIpc) is 2.37. The minimum atomic E-state index is -0.918. The van der Waals surface area contributed by atoms with Crippen molar-refractivity contribution in [1.29, 1.82) is 0 Å². The van der Waals surface area contributed by atoms with Gasteiger partial charge in [-0.2, -0.15) is 0 Å². The number of carboxylic acid groups (broad SMARTS) is 1. The number of amides is 1. The van der Waals surface area contributed by atoms with Crippen molar-refractivity contribution in [2.24, 2.45) is 0 Å². The molecule has 0 saturated carbocycles. The van der Waals surface area contributed by atoms with Crippen LogP contribution in [0.1, 0.15) is 5.56 Å². The second kappa shape index (κ2) is 8.55. The van der Waals surface area contributed by atoms with Crippen molar-refractivity contribution in [3.8, 4) is 0 Å². The summed E-state index contributed by atoms with van der Waals surface area (Å²) >= 11 is 1.08. The molecular formula is C13H17NO4S. The molecule has 19 heavy (non-hydrogen) atoms. The number of carboxylic acids is 1. The van der Waals surface area contributed by atoms with Gasteiger partial charge in [-0.1, -0.05) is 18.2 Å². The number of hydrogen-bond donors (Lipinski definition) is 2. The van der Waals surface area contributed by atoms with Gasteiger partial charge in [0, 0.05) is 12.8 Å². The minimum Gasteiger partial charge on any atom is -0.481 e. The summed E-state index contributed by atoms with van der Waals surface area (Å²) in [5.41, 5.74) is 1.75. The first-order chi connectivity index (χ1) is 9.13. The van der Waals surface area contributed by atoms with Crippen LogP contribution in [-0.4, -0.2) is 42.2 Å². The Morgan fingerprint density at radius 2 is 2.05 bits per heavy atom. The molecule has 0 unspecified atom stereocenters. The molecule has 0 radical (unpaired) electrons. The molecule has 0 aliphatic rings. The van der Waals surface area contributed by atoms with Crippen LogP contribution < -0.4 is 5.32 Å². The monoisotopic (exact) mass is 283 g/mol. The van der Waals surface area contributed by atoms with Gasteiger partial charge in [0.25, 0.3) is 0 Å². The molecule has 0 aliphatic heterocycles. The molecule has 0 aromatic heterocycles. The first-order valence-corrected chi connectivity index (χ1v) is 6.95. The summed E-state index contributed by atoms with van der Waals surface area (Å²) in [7, 11) is 1.63. The molecule has 0 heterocycles. The molecule has 6 heteroatoms. The Balaban J connectivity index is 2.51. The van der Waals surface area contributed by atoms with Gasteiger partial charge in [0.2, 0.25) is 5.91 Å². The maximum Gasteiger partial charge on any atom is 0.313 e. The first-order valence-electron chi connectivity index (χ1n) is 5.79. The molecular weight excluding hydrogens is 266 g/mol. The fourth-order valence-electron chi connectivity index (χ4n) is 1.49. The van der Waals surface area contributed by atoms with Gasteiger partial charge in [0.05, 0.1) is 18.1 Å². The van der Waals surface area contributed by atoms with E-state index in [2.05, 4.69) is 5.32 Å².